The topological polar surface area (TPSA) is 92.3 Å². The Kier molecular flexibility index (Phi) is 5.65. The van der Waals surface area contributed by atoms with Crippen LogP contribution in [0.1, 0.15) is 30.1 Å². The minimum Gasteiger partial charge on any atom is -0.497 e. The fourth-order valence-electron chi connectivity index (χ4n) is 3.06. The van der Waals surface area contributed by atoms with Gasteiger partial charge in [0.25, 0.3) is 0 Å². The van der Waals surface area contributed by atoms with Gasteiger partial charge in [0.15, 0.2) is 5.82 Å². The molecule has 1 aliphatic heterocycles. The zero-order valence-electron chi connectivity index (χ0n) is 14.5. The molecule has 3 rings (SSSR count). The number of methoxy groups -OCH3 is 1. The number of nitrogens with zero attached hydrogens (tertiary/aromatic N) is 3. The van der Waals surface area contributed by atoms with Crippen molar-refractivity contribution in [3.05, 3.63) is 41.5 Å². The summed E-state index contributed by atoms with van der Waals surface area (Å²) in [5.41, 5.74) is 6.39. The molecule has 2 N–H and O–H groups in total. The molecule has 134 valence electrons. The maximum Gasteiger partial charge on any atom is 0.225 e. The van der Waals surface area contributed by atoms with Gasteiger partial charge >= 0.3 is 0 Å². The standard InChI is InChI=1S/C18H24N4O3/c1-24-15-6-4-13(5-7-15)11-22-18(9-14-3-2-8-25-12-14)20-17(21-22)10-16(19)23/h4-7,14H,2-3,8-12H2,1H3,(H2,19,23)/t14-/m1/s1. The van der Waals surface area contributed by atoms with Gasteiger partial charge in [-0.25, -0.2) is 9.67 Å². The van der Waals surface area contributed by atoms with Crippen molar-refractivity contribution in [2.75, 3.05) is 20.3 Å². The molecule has 0 saturated carbocycles. The molecule has 2 heterocycles. The van der Waals surface area contributed by atoms with Crippen molar-refractivity contribution in [3.8, 4) is 5.75 Å². The van der Waals surface area contributed by atoms with E-state index in [0.717, 1.165) is 49.6 Å². The van der Waals surface area contributed by atoms with E-state index in [1.165, 1.54) is 0 Å². The Labute approximate surface area is 147 Å². The molecule has 7 nitrogen and oxygen atoms in total. The van der Waals surface area contributed by atoms with E-state index in [9.17, 15) is 4.79 Å². The number of ether oxygens (including phenoxy) is 2. The van der Waals surface area contributed by atoms with Crippen molar-refractivity contribution >= 4 is 5.91 Å². The molecule has 1 saturated heterocycles. The van der Waals surface area contributed by atoms with Crippen LogP contribution in [0.25, 0.3) is 0 Å². The Bertz CT molecular complexity index is 706. The number of hydrogen-bond acceptors (Lipinski definition) is 5. The first-order chi connectivity index (χ1) is 12.1. The third kappa shape index (κ3) is 4.79. The smallest absolute Gasteiger partial charge is 0.225 e. The minimum absolute atomic E-state index is 0.0593. The van der Waals surface area contributed by atoms with Crippen molar-refractivity contribution in [2.45, 2.75) is 32.2 Å². The first-order valence-corrected chi connectivity index (χ1v) is 8.55. The van der Waals surface area contributed by atoms with E-state index >= 15 is 0 Å². The molecule has 2 aromatic rings. The average Bonchev–Trinajstić information content (AvgIpc) is 2.96. The lowest BCUT2D eigenvalue weighted by atomic mass is 9.98. The third-order valence-electron chi connectivity index (χ3n) is 4.34. The Morgan fingerprint density at radius 2 is 2.20 bits per heavy atom. The van der Waals surface area contributed by atoms with Crippen molar-refractivity contribution in [3.63, 3.8) is 0 Å². The largest absolute Gasteiger partial charge is 0.497 e. The number of primary amides is 1. The number of aromatic nitrogens is 3. The number of amides is 1. The summed E-state index contributed by atoms with van der Waals surface area (Å²) in [4.78, 5) is 15.8. The first kappa shape index (κ1) is 17.4. The first-order valence-electron chi connectivity index (χ1n) is 8.55. The highest BCUT2D eigenvalue weighted by Crippen LogP contribution is 2.19. The van der Waals surface area contributed by atoms with Gasteiger partial charge in [0, 0.05) is 19.6 Å². The van der Waals surface area contributed by atoms with Crippen LogP contribution in [-0.4, -0.2) is 41.0 Å². The molecule has 1 fully saturated rings. The van der Waals surface area contributed by atoms with Crippen LogP contribution in [0.2, 0.25) is 0 Å². The number of carbonyl (C=O) groups excluding carboxylic acids is 1. The zero-order valence-corrected chi connectivity index (χ0v) is 14.5. The maximum atomic E-state index is 11.2. The third-order valence-corrected chi connectivity index (χ3v) is 4.34. The molecule has 0 bridgehead atoms. The maximum absolute atomic E-state index is 11.2. The van der Waals surface area contributed by atoms with E-state index in [0.29, 0.717) is 18.3 Å². The summed E-state index contributed by atoms with van der Waals surface area (Å²) in [7, 11) is 1.65. The lowest BCUT2D eigenvalue weighted by Gasteiger charge is -2.21. The van der Waals surface area contributed by atoms with Crippen LogP contribution >= 0.6 is 0 Å². The van der Waals surface area contributed by atoms with Crippen molar-refractivity contribution in [1.82, 2.24) is 14.8 Å². The zero-order chi connectivity index (χ0) is 17.6. The van der Waals surface area contributed by atoms with Gasteiger partial charge in [0.05, 0.1) is 20.1 Å². The molecule has 1 amide bonds. The molecule has 1 aliphatic rings. The fourth-order valence-corrected chi connectivity index (χ4v) is 3.06. The number of carbonyl (C=O) groups is 1. The summed E-state index contributed by atoms with van der Waals surface area (Å²) < 4.78 is 12.6. The van der Waals surface area contributed by atoms with Crippen LogP contribution in [-0.2, 0) is 28.9 Å². The minimum atomic E-state index is -0.422. The van der Waals surface area contributed by atoms with Gasteiger partial charge in [-0.05, 0) is 36.5 Å². The van der Waals surface area contributed by atoms with Crippen LogP contribution in [0.15, 0.2) is 24.3 Å². The molecular weight excluding hydrogens is 320 g/mol. The second-order valence-electron chi connectivity index (χ2n) is 6.38. The molecular formula is C18H24N4O3. The van der Waals surface area contributed by atoms with E-state index in [2.05, 4.69) is 10.1 Å². The summed E-state index contributed by atoms with van der Waals surface area (Å²) in [6.07, 6.45) is 3.05. The predicted octanol–water partition coefficient (Wildman–Crippen LogP) is 1.33. The van der Waals surface area contributed by atoms with Gasteiger partial charge in [0.2, 0.25) is 5.91 Å². The number of hydrogen-bond donors (Lipinski definition) is 1. The highest BCUT2D eigenvalue weighted by atomic mass is 16.5. The summed E-state index contributed by atoms with van der Waals surface area (Å²) in [6.45, 7) is 2.18. The molecule has 1 aromatic carbocycles. The SMILES string of the molecule is COc1ccc(Cn2nc(CC(N)=O)nc2C[C@H]2CCCOC2)cc1. The monoisotopic (exact) mass is 344 g/mol. The normalized spacial score (nSPS) is 17.4. The van der Waals surface area contributed by atoms with Crippen LogP contribution in [0.5, 0.6) is 5.75 Å². The summed E-state index contributed by atoms with van der Waals surface area (Å²) >= 11 is 0. The molecule has 7 heteroatoms. The van der Waals surface area contributed by atoms with Gasteiger partial charge in [-0.15, -0.1) is 0 Å². The molecule has 0 unspecified atom stereocenters. The number of rotatable bonds is 7. The number of benzene rings is 1. The lowest BCUT2D eigenvalue weighted by molar-refractivity contribution is -0.117. The predicted molar refractivity (Wildman–Crippen MR) is 92.3 cm³/mol. The van der Waals surface area contributed by atoms with E-state index in [-0.39, 0.29) is 6.42 Å². The Hall–Kier alpha value is -2.41. The van der Waals surface area contributed by atoms with E-state index < -0.39 is 5.91 Å². The fraction of sp³-hybridized carbons (Fsp3) is 0.500. The van der Waals surface area contributed by atoms with Crippen LogP contribution in [0.4, 0.5) is 0 Å². The summed E-state index contributed by atoms with van der Waals surface area (Å²) in [5.74, 6) is 2.19. The Morgan fingerprint density at radius 3 is 2.84 bits per heavy atom. The number of nitrogens with two attached hydrogens (primary N) is 1. The van der Waals surface area contributed by atoms with Crippen molar-refractivity contribution in [1.29, 1.82) is 0 Å². The molecule has 0 radical (unpaired) electrons. The highest BCUT2D eigenvalue weighted by molar-refractivity contribution is 5.75. The Balaban J connectivity index is 1.78. The van der Waals surface area contributed by atoms with Gasteiger partial charge < -0.3 is 15.2 Å². The Morgan fingerprint density at radius 1 is 1.40 bits per heavy atom. The molecule has 0 spiro atoms. The van der Waals surface area contributed by atoms with Crippen LogP contribution < -0.4 is 10.5 Å². The average molecular weight is 344 g/mol. The van der Waals surface area contributed by atoms with Gasteiger partial charge in [-0.3, -0.25) is 4.79 Å². The van der Waals surface area contributed by atoms with Crippen molar-refractivity contribution < 1.29 is 14.3 Å². The molecule has 1 atom stereocenters. The summed E-state index contributed by atoms with van der Waals surface area (Å²) in [6, 6.07) is 7.85. The van der Waals surface area contributed by atoms with Gasteiger partial charge in [-0.1, -0.05) is 12.1 Å². The van der Waals surface area contributed by atoms with E-state index in [4.69, 9.17) is 15.2 Å². The van der Waals surface area contributed by atoms with Gasteiger partial charge in [0.1, 0.15) is 11.6 Å². The van der Waals surface area contributed by atoms with Crippen LogP contribution in [0.3, 0.4) is 0 Å². The second-order valence-corrected chi connectivity index (χ2v) is 6.38. The van der Waals surface area contributed by atoms with Crippen molar-refractivity contribution in [2.24, 2.45) is 11.7 Å². The second kappa shape index (κ2) is 8.11. The summed E-state index contributed by atoms with van der Waals surface area (Å²) in [5, 5.41) is 4.49. The lowest BCUT2D eigenvalue weighted by Crippen LogP contribution is -2.21. The van der Waals surface area contributed by atoms with E-state index in [1.54, 1.807) is 7.11 Å². The van der Waals surface area contributed by atoms with Crippen LogP contribution in [0, 0.1) is 5.92 Å². The highest BCUT2D eigenvalue weighted by Gasteiger charge is 2.19. The molecule has 1 aromatic heterocycles. The molecule has 0 aliphatic carbocycles. The van der Waals surface area contributed by atoms with Gasteiger partial charge in [-0.2, -0.15) is 5.10 Å². The quantitative estimate of drug-likeness (QED) is 0.818. The molecule has 25 heavy (non-hydrogen) atoms. The van der Waals surface area contributed by atoms with E-state index in [1.807, 2.05) is 28.9 Å².